The molecule has 1 aliphatic rings. The highest BCUT2D eigenvalue weighted by Crippen LogP contribution is 2.20. The number of allylic oxidation sites excluding steroid dienone is 2. The lowest BCUT2D eigenvalue weighted by Gasteiger charge is -2.10. The van der Waals surface area contributed by atoms with E-state index in [0.717, 1.165) is 11.1 Å². The van der Waals surface area contributed by atoms with E-state index in [2.05, 4.69) is 0 Å². The fourth-order valence-electron chi connectivity index (χ4n) is 1.50. The van der Waals surface area contributed by atoms with Crippen LogP contribution in [0.4, 0.5) is 0 Å². The van der Waals surface area contributed by atoms with Gasteiger partial charge in [0.15, 0.2) is 0 Å². The van der Waals surface area contributed by atoms with Crippen molar-refractivity contribution in [1.82, 2.24) is 0 Å². The van der Waals surface area contributed by atoms with Crippen molar-refractivity contribution in [2.75, 3.05) is 6.61 Å². The molecule has 0 spiro atoms. The van der Waals surface area contributed by atoms with E-state index in [1.165, 1.54) is 6.08 Å². The summed E-state index contributed by atoms with van der Waals surface area (Å²) in [4.78, 5) is 21.8. The first kappa shape index (κ1) is 12.5. The molecule has 0 saturated heterocycles. The molecule has 1 unspecified atom stereocenters. The quantitative estimate of drug-likeness (QED) is 0.572. The standard InChI is InChI=1S/C12H16O4/c1-8(2)3-4-10(12(14)15)5-9-6-11(13)16-7-9/h3,6,10H,4-5,7H2,1-2H3,(H,14,15). The van der Waals surface area contributed by atoms with E-state index in [4.69, 9.17) is 9.84 Å². The Balaban J connectivity index is 2.58. The van der Waals surface area contributed by atoms with Gasteiger partial charge in [0.1, 0.15) is 6.61 Å². The van der Waals surface area contributed by atoms with Crippen LogP contribution in [0.5, 0.6) is 0 Å². The zero-order valence-electron chi connectivity index (χ0n) is 9.53. The summed E-state index contributed by atoms with van der Waals surface area (Å²) < 4.78 is 4.73. The molecule has 1 rings (SSSR count). The minimum Gasteiger partial charge on any atom is -0.481 e. The molecule has 1 atom stereocenters. The molecule has 1 aliphatic heterocycles. The number of cyclic esters (lactones) is 1. The molecular weight excluding hydrogens is 208 g/mol. The fraction of sp³-hybridized carbons (Fsp3) is 0.500. The third-order valence-electron chi connectivity index (χ3n) is 2.39. The second-order valence-corrected chi connectivity index (χ2v) is 4.17. The lowest BCUT2D eigenvalue weighted by Crippen LogP contribution is -2.14. The Labute approximate surface area is 94.6 Å². The highest BCUT2D eigenvalue weighted by atomic mass is 16.5. The topological polar surface area (TPSA) is 63.6 Å². The van der Waals surface area contributed by atoms with Gasteiger partial charge in [-0.05, 0) is 32.3 Å². The highest BCUT2D eigenvalue weighted by Gasteiger charge is 2.21. The van der Waals surface area contributed by atoms with Crippen molar-refractivity contribution >= 4 is 11.9 Å². The SMILES string of the molecule is CC(C)=CCC(CC1=CC(=O)OC1)C(=O)O. The van der Waals surface area contributed by atoms with Gasteiger partial charge in [-0.1, -0.05) is 11.6 Å². The van der Waals surface area contributed by atoms with Crippen LogP contribution in [-0.2, 0) is 14.3 Å². The normalized spacial score (nSPS) is 16.4. The molecule has 0 saturated carbocycles. The molecule has 4 nitrogen and oxygen atoms in total. The summed E-state index contributed by atoms with van der Waals surface area (Å²) in [6.45, 7) is 4.10. The van der Waals surface area contributed by atoms with Crippen molar-refractivity contribution < 1.29 is 19.4 Å². The van der Waals surface area contributed by atoms with E-state index in [0.29, 0.717) is 12.8 Å². The van der Waals surface area contributed by atoms with Crippen LogP contribution in [0.3, 0.4) is 0 Å². The Morgan fingerprint density at radius 2 is 2.31 bits per heavy atom. The molecule has 0 aromatic carbocycles. The van der Waals surface area contributed by atoms with Crippen molar-refractivity contribution in [3.8, 4) is 0 Å². The molecule has 0 aromatic heterocycles. The molecule has 0 bridgehead atoms. The third-order valence-corrected chi connectivity index (χ3v) is 2.39. The van der Waals surface area contributed by atoms with Gasteiger partial charge in [0.2, 0.25) is 0 Å². The molecule has 0 fully saturated rings. The summed E-state index contributed by atoms with van der Waals surface area (Å²) in [6, 6.07) is 0. The second kappa shape index (κ2) is 5.49. The van der Waals surface area contributed by atoms with Gasteiger partial charge in [0, 0.05) is 6.08 Å². The predicted octanol–water partition coefficient (Wildman–Crippen LogP) is 1.92. The third kappa shape index (κ3) is 3.88. The predicted molar refractivity (Wildman–Crippen MR) is 58.8 cm³/mol. The zero-order valence-corrected chi connectivity index (χ0v) is 9.53. The number of rotatable bonds is 5. The Morgan fingerprint density at radius 1 is 1.62 bits per heavy atom. The fourth-order valence-corrected chi connectivity index (χ4v) is 1.50. The summed E-state index contributed by atoms with van der Waals surface area (Å²) in [6.07, 6.45) is 4.16. The minimum atomic E-state index is -0.835. The van der Waals surface area contributed by atoms with Crippen LogP contribution in [-0.4, -0.2) is 23.7 Å². The number of aliphatic carboxylic acids is 1. The molecule has 1 N–H and O–H groups in total. The maximum absolute atomic E-state index is 11.0. The monoisotopic (exact) mass is 224 g/mol. The van der Waals surface area contributed by atoms with Crippen molar-refractivity contribution in [1.29, 1.82) is 0 Å². The largest absolute Gasteiger partial charge is 0.481 e. The molecule has 1 heterocycles. The number of carboxylic acids is 1. The first-order chi connectivity index (χ1) is 7.49. The highest BCUT2D eigenvalue weighted by molar-refractivity contribution is 5.85. The van der Waals surface area contributed by atoms with Gasteiger partial charge in [0.25, 0.3) is 0 Å². The molecule has 0 radical (unpaired) electrons. The van der Waals surface area contributed by atoms with Gasteiger partial charge < -0.3 is 9.84 Å². The molecule has 16 heavy (non-hydrogen) atoms. The van der Waals surface area contributed by atoms with E-state index in [9.17, 15) is 9.59 Å². The van der Waals surface area contributed by atoms with Crippen molar-refractivity contribution in [3.63, 3.8) is 0 Å². The van der Waals surface area contributed by atoms with Crippen LogP contribution < -0.4 is 0 Å². The number of hydrogen-bond acceptors (Lipinski definition) is 3. The van der Waals surface area contributed by atoms with Gasteiger partial charge in [-0.2, -0.15) is 0 Å². The Bertz CT molecular complexity index is 348. The summed E-state index contributed by atoms with van der Waals surface area (Å²) in [7, 11) is 0. The maximum atomic E-state index is 11.0. The summed E-state index contributed by atoms with van der Waals surface area (Å²) in [5.41, 5.74) is 1.86. The molecule has 0 aliphatic carbocycles. The Kier molecular flexibility index (Phi) is 4.28. The van der Waals surface area contributed by atoms with Crippen LogP contribution >= 0.6 is 0 Å². The van der Waals surface area contributed by atoms with Crippen LogP contribution in [0, 0.1) is 5.92 Å². The number of hydrogen-bond donors (Lipinski definition) is 1. The van der Waals surface area contributed by atoms with Crippen molar-refractivity contribution in [2.45, 2.75) is 26.7 Å². The number of esters is 1. The Hall–Kier alpha value is -1.58. The van der Waals surface area contributed by atoms with Crippen LogP contribution in [0.15, 0.2) is 23.3 Å². The van der Waals surface area contributed by atoms with E-state index in [1.54, 1.807) is 0 Å². The van der Waals surface area contributed by atoms with Crippen LogP contribution in [0.2, 0.25) is 0 Å². The van der Waals surface area contributed by atoms with Crippen molar-refractivity contribution in [3.05, 3.63) is 23.3 Å². The number of carbonyl (C=O) groups is 2. The molecule has 88 valence electrons. The first-order valence-electron chi connectivity index (χ1n) is 5.21. The van der Waals surface area contributed by atoms with Crippen LogP contribution in [0.1, 0.15) is 26.7 Å². The lowest BCUT2D eigenvalue weighted by molar-refractivity contribution is -0.141. The summed E-state index contributed by atoms with van der Waals surface area (Å²) in [5, 5.41) is 9.03. The number of ether oxygens (including phenoxy) is 1. The van der Waals surface area contributed by atoms with Gasteiger partial charge in [-0.3, -0.25) is 4.79 Å². The smallest absolute Gasteiger partial charge is 0.331 e. The Morgan fingerprint density at radius 3 is 2.75 bits per heavy atom. The minimum absolute atomic E-state index is 0.234. The van der Waals surface area contributed by atoms with Gasteiger partial charge in [0.05, 0.1) is 5.92 Å². The maximum Gasteiger partial charge on any atom is 0.331 e. The average Bonchev–Trinajstić information content (AvgIpc) is 2.57. The first-order valence-corrected chi connectivity index (χ1v) is 5.21. The number of carboxylic acid groups (broad SMARTS) is 1. The van der Waals surface area contributed by atoms with Gasteiger partial charge in [-0.25, -0.2) is 4.79 Å². The molecule has 0 amide bonds. The molecular formula is C12H16O4. The van der Waals surface area contributed by atoms with Crippen molar-refractivity contribution in [2.24, 2.45) is 5.92 Å². The van der Waals surface area contributed by atoms with Crippen LogP contribution in [0.25, 0.3) is 0 Å². The van der Waals surface area contributed by atoms with Gasteiger partial charge >= 0.3 is 11.9 Å². The average molecular weight is 224 g/mol. The van der Waals surface area contributed by atoms with E-state index < -0.39 is 11.9 Å². The lowest BCUT2D eigenvalue weighted by atomic mass is 9.96. The van der Waals surface area contributed by atoms with E-state index in [-0.39, 0.29) is 12.6 Å². The number of carbonyl (C=O) groups excluding carboxylic acids is 1. The zero-order chi connectivity index (χ0) is 12.1. The molecule has 4 heteroatoms. The summed E-state index contributed by atoms with van der Waals surface area (Å²) >= 11 is 0. The summed E-state index contributed by atoms with van der Waals surface area (Å²) in [5.74, 6) is -1.69. The van der Waals surface area contributed by atoms with E-state index >= 15 is 0 Å². The second-order valence-electron chi connectivity index (χ2n) is 4.17. The van der Waals surface area contributed by atoms with E-state index in [1.807, 2.05) is 19.9 Å². The molecule has 0 aromatic rings. The van der Waals surface area contributed by atoms with Gasteiger partial charge in [-0.15, -0.1) is 0 Å².